The van der Waals surface area contributed by atoms with E-state index in [-0.39, 0.29) is 5.57 Å². The molecule has 0 spiro atoms. The lowest BCUT2D eigenvalue weighted by atomic mass is 10.2. The van der Waals surface area contributed by atoms with Crippen LogP contribution in [0.5, 0.6) is 0 Å². The first-order valence-corrected chi connectivity index (χ1v) is 5.16. The molecule has 1 aromatic carbocycles. The van der Waals surface area contributed by atoms with Crippen LogP contribution in [0.1, 0.15) is 11.1 Å². The molecule has 0 aliphatic rings. The van der Waals surface area contributed by atoms with Crippen molar-refractivity contribution < 1.29 is 9.90 Å². The Kier molecular flexibility index (Phi) is 3.05. The van der Waals surface area contributed by atoms with E-state index in [9.17, 15) is 4.79 Å². The largest absolute Gasteiger partial charge is 0.478 e. The number of rotatable bonds is 4. The summed E-state index contributed by atoms with van der Waals surface area (Å²) in [5.74, 6) is -1.02. The number of aromatic nitrogens is 2. The molecular formula is C13H12N2O2. The molecule has 0 saturated carbocycles. The molecule has 1 N–H and O–H groups in total. The molecule has 86 valence electrons. The zero-order valence-electron chi connectivity index (χ0n) is 9.21. The van der Waals surface area contributed by atoms with E-state index < -0.39 is 5.97 Å². The van der Waals surface area contributed by atoms with Crippen LogP contribution in [0, 0.1) is 0 Å². The van der Waals surface area contributed by atoms with E-state index in [1.54, 1.807) is 10.9 Å². The molecule has 4 nitrogen and oxygen atoms in total. The fourth-order valence-corrected chi connectivity index (χ4v) is 1.50. The minimum Gasteiger partial charge on any atom is -0.478 e. The maximum atomic E-state index is 10.7. The summed E-state index contributed by atoms with van der Waals surface area (Å²) in [6.45, 7) is 4.11. The number of nitrogens with zero attached hydrogens (tertiary/aromatic N) is 2. The van der Waals surface area contributed by atoms with Crippen molar-refractivity contribution in [3.05, 3.63) is 60.4 Å². The highest BCUT2D eigenvalue weighted by Crippen LogP contribution is 2.12. The minimum atomic E-state index is -1.02. The summed E-state index contributed by atoms with van der Waals surface area (Å²) in [5.41, 5.74) is 1.71. The van der Waals surface area contributed by atoms with Gasteiger partial charge in [0.2, 0.25) is 0 Å². The van der Waals surface area contributed by atoms with Gasteiger partial charge in [-0.1, -0.05) is 36.9 Å². The Morgan fingerprint density at radius 3 is 2.71 bits per heavy atom. The van der Waals surface area contributed by atoms with E-state index in [0.717, 1.165) is 5.56 Å². The quantitative estimate of drug-likeness (QED) is 0.814. The van der Waals surface area contributed by atoms with Crippen LogP contribution in [-0.4, -0.2) is 20.9 Å². The molecule has 0 radical (unpaired) electrons. The van der Waals surface area contributed by atoms with Crippen LogP contribution in [0.2, 0.25) is 0 Å². The maximum Gasteiger partial charge on any atom is 0.335 e. The Labute approximate surface area is 98.8 Å². The Morgan fingerprint density at radius 1 is 1.35 bits per heavy atom. The van der Waals surface area contributed by atoms with Crippen LogP contribution >= 0.6 is 0 Å². The number of carboxylic acids is 1. The second kappa shape index (κ2) is 4.65. The van der Waals surface area contributed by atoms with Crippen molar-refractivity contribution in [3.8, 4) is 0 Å². The zero-order valence-corrected chi connectivity index (χ0v) is 9.21. The van der Waals surface area contributed by atoms with Gasteiger partial charge in [0.25, 0.3) is 0 Å². The van der Waals surface area contributed by atoms with Gasteiger partial charge >= 0.3 is 5.97 Å². The lowest BCUT2D eigenvalue weighted by Crippen LogP contribution is -2.00. The number of hydrogen-bond donors (Lipinski definition) is 1. The highest BCUT2D eigenvalue weighted by atomic mass is 16.4. The fourth-order valence-electron chi connectivity index (χ4n) is 1.50. The standard InChI is InChI=1S/C13H12N2O2/c1-10(13(16)17)12-7-14-15(9-12)8-11-5-3-2-4-6-11/h2-7,9H,1,8H2,(H,16,17). The minimum absolute atomic E-state index is 0.0595. The van der Waals surface area contributed by atoms with Crippen LogP contribution in [0.3, 0.4) is 0 Å². The Balaban J connectivity index is 2.14. The topological polar surface area (TPSA) is 55.1 Å². The van der Waals surface area contributed by atoms with Crippen LogP contribution in [-0.2, 0) is 11.3 Å². The summed E-state index contributed by atoms with van der Waals surface area (Å²) in [6.07, 6.45) is 3.20. The second-order valence-electron chi connectivity index (χ2n) is 3.70. The Bertz CT molecular complexity index is 544. The van der Waals surface area contributed by atoms with Gasteiger partial charge in [0.05, 0.1) is 18.3 Å². The van der Waals surface area contributed by atoms with Gasteiger partial charge < -0.3 is 5.11 Å². The van der Waals surface area contributed by atoms with E-state index in [1.165, 1.54) is 6.20 Å². The molecule has 17 heavy (non-hydrogen) atoms. The lowest BCUT2D eigenvalue weighted by molar-refractivity contribution is -0.130. The van der Waals surface area contributed by atoms with Gasteiger partial charge in [-0.3, -0.25) is 4.68 Å². The van der Waals surface area contributed by atoms with Crippen LogP contribution in [0.4, 0.5) is 0 Å². The molecule has 0 aliphatic heterocycles. The van der Waals surface area contributed by atoms with E-state index >= 15 is 0 Å². The number of carbonyl (C=O) groups is 1. The van der Waals surface area contributed by atoms with Crippen molar-refractivity contribution in [1.29, 1.82) is 0 Å². The molecule has 1 aromatic heterocycles. The third-order valence-corrected chi connectivity index (χ3v) is 2.43. The van der Waals surface area contributed by atoms with Crippen molar-refractivity contribution in [2.75, 3.05) is 0 Å². The van der Waals surface area contributed by atoms with Crippen molar-refractivity contribution in [2.24, 2.45) is 0 Å². The summed E-state index contributed by atoms with van der Waals surface area (Å²) in [5, 5.41) is 12.9. The molecule has 4 heteroatoms. The summed E-state index contributed by atoms with van der Waals surface area (Å²) >= 11 is 0. The highest BCUT2D eigenvalue weighted by Gasteiger charge is 2.09. The molecule has 0 unspecified atom stereocenters. The predicted octanol–water partition coefficient (Wildman–Crippen LogP) is 2.03. The molecule has 2 rings (SSSR count). The molecule has 0 saturated heterocycles. The molecule has 1 heterocycles. The van der Waals surface area contributed by atoms with Gasteiger partial charge in [-0.2, -0.15) is 5.10 Å². The summed E-state index contributed by atoms with van der Waals surface area (Å²) in [4.78, 5) is 10.7. The smallest absolute Gasteiger partial charge is 0.335 e. The number of carboxylic acid groups (broad SMARTS) is 1. The van der Waals surface area contributed by atoms with E-state index in [1.807, 2.05) is 30.3 Å². The summed E-state index contributed by atoms with van der Waals surface area (Å²) < 4.78 is 1.69. The molecule has 0 amide bonds. The van der Waals surface area contributed by atoms with Crippen LogP contribution in [0.25, 0.3) is 5.57 Å². The summed E-state index contributed by atoms with van der Waals surface area (Å²) in [7, 11) is 0. The van der Waals surface area contributed by atoms with Crippen molar-refractivity contribution in [2.45, 2.75) is 6.54 Å². The zero-order chi connectivity index (χ0) is 12.3. The first kappa shape index (κ1) is 11.1. The molecule has 0 fully saturated rings. The van der Waals surface area contributed by atoms with Crippen LogP contribution < -0.4 is 0 Å². The highest BCUT2D eigenvalue weighted by molar-refractivity contribution is 6.14. The predicted molar refractivity (Wildman–Crippen MR) is 64.4 cm³/mol. The van der Waals surface area contributed by atoms with E-state index in [2.05, 4.69) is 11.7 Å². The van der Waals surface area contributed by atoms with Gasteiger partial charge in [-0.15, -0.1) is 0 Å². The second-order valence-corrected chi connectivity index (χ2v) is 3.70. The normalized spacial score (nSPS) is 10.1. The SMILES string of the molecule is C=C(C(=O)O)c1cnn(Cc2ccccc2)c1. The van der Waals surface area contributed by atoms with Gasteiger partial charge in [0, 0.05) is 11.8 Å². The maximum absolute atomic E-state index is 10.7. The number of benzene rings is 1. The molecule has 0 bridgehead atoms. The number of hydrogen-bond acceptors (Lipinski definition) is 2. The van der Waals surface area contributed by atoms with E-state index in [4.69, 9.17) is 5.11 Å². The molecule has 0 atom stereocenters. The summed E-state index contributed by atoms with van der Waals surface area (Å²) in [6, 6.07) is 9.84. The first-order valence-electron chi connectivity index (χ1n) is 5.16. The lowest BCUT2D eigenvalue weighted by Gasteiger charge is -2.00. The average molecular weight is 228 g/mol. The van der Waals surface area contributed by atoms with E-state index in [0.29, 0.717) is 12.1 Å². The average Bonchev–Trinajstić information content (AvgIpc) is 2.77. The monoisotopic (exact) mass is 228 g/mol. The van der Waals surface area contributed by atoms with Crippen molar-refractivity contribution in [3.63, 3.8) is 0 Å². The first-order chi connectivity index (χ1) is 8.16. The third kappa shape index (κ3) is 2.60. The Hall–Kier alpha value is -2.36. The fraction of sp³-hybridized carbons (Fsp3) is 0.0769. The van der Waals surface area contributed by atoms with Gasteiger partial charge in [0.1, 0.15) is 0 Å². The van der Waals surface area contributed by atoms with Gasteiger partial charge in [-0.05, 0) is 5.56 Å². The van der Waals surface area contributed by atoms with Crippen molar-refractivity contribution in [1.82, 2.24) is 9.78 Å². The third-order valence-electron chi connectivity index (χ3n) is 2.43. The van der Waals surface area contributed by atoms with Gasteiger partial charge in [-0.25, -0.2) is 4.79 Å². The van der Waals surface area contributed by atoms with Crippen LogP contribution in [0.15, 0.2) is 49.3 Å². The van der Waals surface area contributed by atoms with Gasteiger partial charge in [0.15, 0.2) is 0 Å². The molecule has 2 aromatic rings. The molecular weight excluding hydrogens is 216 g/mol. The molecule has 0 aliphatic carbocycles. The van der Waals surface area contributed by atoms with Crippen molar-refractivity contribution >= 4 is 11.5 Å². The Morgan fingerprint density at radius 2 is 2.06 bits per heavy atom. The number of aliphatic carboxylic acids is 1.